The number of hydrogen-bond donors (Lipinski definition) is 2. The van der Waals surface area contributed by atoms with Gasteiger partial charge >= 0.3 is 5.97 Å². The summed E-state index contributed by atoms with van der Waals surface area (Å²) in [5.74, 6) is -1.60. The van der Waals surface area contributed by atoms with E-state index in [2.05, 4.69) is 24.1 Å². The van der Waals surface area contributed by atoms with Gasteiger partial charge in [0, 0.05) is 42.8 Å². The highest BCUT2D eigenvalue weighted by Gasteiger charge is 2.34. The quantitative estimate of drug-likeness (QED) is 0.306. The van der Waals surface area contributed by atoms with E-state index in [4.69, 9.17) is 5.11 Å². The number of benzene rings is 2. The Morgan fingerprint density at radius 1 is 1.05 bits per heavy atom. The van der Waals surface area contributed by atoms with Crippen molar-refractivity contribution < 1.29 is 24.3 Å². The van der Waals surface area contributed by atoms with Crippen LogP contribution in [0, 0.1) is 0 Å². The molecule has 1 saturated heterocycles. The van der Waals surface area contributed by atoms with E-state index in [1.807, 2.05) is 30.3 Å². The molecule has 40 heavy (non-hydrogen) atoms. The van der Waals surface area contributed by atoms with Crippen LogP contribution < -0.4 is 5.32 Å². The number of likely N-dealkylation sites (N-methyl/N-ethyl adjacent to an activating group) is 1. The van der Waals surface area contributed by atoms with E-state index in [1.165, 1.54) is 17.9 Å². The lowest BCUT2D eigenvalue weighted by atomic mass is 9.97. The van der Waals surface area contributed by atoms with Gasteiger partial charge in [0.1, 0.15) is 6.04 Å². The first-order valence-electron chi connectivity index (χ1n) is 14.0. The Morgan fingerprint density at radius 3 is 2.33 bits per heavy atom. The highest BCUT2D eigenvalue weighted by Crippen LogP contribution is 2.22. The number of ketones is 1. The number of likely N-dealkylation sites (tertiary alicyclic amines) is 1. The maximum atomic E-state index is 13.6. The second kappa shape index (κ2) is 14.6. The molecule has 3 atom stereocenters. The van der Waals surface area contributed by atoms with Gasteiger partial charge in [0.25, 0.3) is 0 Å². The summed E-state index contributed by atoms with van der Waals surface area (Å²) < 4.78 is 0. The molecule has 3 rings (SSSR count). The van der Waals surface area contributed by atoms with Gasteiger partial charge in [-0.15, -0.1) is 0 Å². The lowest BCUT2D eigenvalue weighted by Crippen LogP contribution is -2.57. The Labute approximate surface area is 237 Å². The summed E-state index contributed by atoms with van der Waals surface area (Å²) in [6.45, 7) is 6.66. The highest BCUT2D eigenvalue weighted by atomic mass is 16.4. The van der Waals surface area contributed by atoms with Crippen molar-refractivity contribution in [3.8, 4) is 0 Å². The predicted octanol–water partition coefficient (Wildman–Crippen LogP) is 4.09. The summed E-state index contributed by atoms with van der Waals surface area (Å²) in [4.78, 5) is 54.8. The van der Waals surface area contributed by atoms with Crippen LogP contribution in [0.25, 0.3) is 0 Å². The minimum atomic E-state index is -1.04. The molecule has 0 aromatic heterocycles. The average molecular weight is 548 g/mol. The number of amides is 2. The zero-order valence-corrected chi connectivity index (χ0v) is 23.9. The number of aliphatic carboxylic acids is 1. The van der Waals surface area contributed by atoms with Crippen LogP contribution in [-0.4, -0.2) is 76.7 Å². The third-order valence-corrected chi connectivity index (χ3v) is 7.70. The Morgan fingerprint density at radius 2 is 1.70 bits per heavy atom. The van der Waals surface area contributed by atoms with E-state index >= 15 is 0 Å². The molecule has 1 fully saturated rings. The van der Waals surface area contributed by atoms with Crippen LogP contribution in [0.4, 0.5) is 0 Å². The van der Waals surface area contributed by atoms with E-state index in [0.717, 1.165) is 37.8 Å². The molecule has 2 aromatic rings. The molecule has 1 heterocycles. The van der Waals surface area contributed by atoms with Crippen molar-refractivity contribution in [2.24, 2.45) is 0 Å². The molecule has 8 nitrogen and oxygen atoms in total. The SMILES string of the molecule is CCC(C)N1CCCCC1C(=O)NC(Cc1ccc(C(=O)c2ccccc2)cc1)C(=O)N(C)C/C=C(\C)C(=O)O. The molecule has 2 amide bonds. The van der Waals surface area contributed by atoms with Crippen LogP contribution in [0.15, 0.2) is 66.2 Å². The summed E-state index contributed by atoms with van der Waals surface area (Å²) in [5.41, 5.74) is 2.08. The number of carboxylic acid groups (broad SMARTS) is 1. The zero-order chi connectivity index (χ0) is 29.2. The van der Waals surface area contributed by atoms with Gasteiger partial charge < -0.3 is 15.3 Å². The Balaban J connectivity index is 1.81. The van der Waals surface area contributed by atoms with Crippen molar-refractivity contribution in [1.29, 1.82) is 0 Å². The molecule has 1 aliphatic rings. The number of carboxylic acids is 1. The largest absolute Gasteiger partial charge is 0.478 e. The van der Waals surface area contributed by atoms with Crippen molar-refractivity contribution >= 4 is 23.6 Å². The Kier molecular flexibility index (Phi) is 11.2. The first-order chi connectivity index (χ1) is 19.1. The summed E-state index contributed by atoms with van der Waals surface area (Å²) in [6, 6.07) is 15.2. The number of nitrogens with one attached hydrogen (secondary N) is 1. The minimum Gasteiger partial charge on any atom is -0.478 e. The number of piperidine rings is 1. The van der Waals surface area contributed by atoms with Gasteiger partial charge in [-0.2, -0.15) is 0 Å². The van der Waals surface area contributed by atoms with E-state index in [1.54, 1.807) is 31.3 Å². The summed E-state index contributed by atoms with van der Waals surface area (Å²) >= 11 is 0. The van der Waals surface area contributed by atoms with E-state index in [0.29, 0.717) is 11.1 Å². The summed E-state index contributed by atoms with van der Waals surface area (Å²) in [6.07, 6.45) is 5.39. The molecule has 0 saturated carbocycles. The third kappa shape index (κ3) is 8.11. The fourth-order valence-corrected chi connectivity index (χ4v) is 4.97. The number of hydrogen-bond acceptors (Lipinski definition) is 5. The Bertz CT molecular complexity index is 1210. The second-order valence-corrected chi connectivity index (χ2v) is 10.6. The van der Waals surface area contributed by atoms with Crippen LogP contribution in [0.1, 0.15) is 67.9 Å². The summed E-state index contributed by atoms with van der Waals surface area (Å²) in [7, 11) is 1.60. The van der Waals surface area contributed by atoms with Crippen LogP contribution in [0.3, 0.4) is 0 Å². The zero-order valence-electron chi connectivity index (χ0n) is 23.9. The van der Waals surface area contributed by atoms with Crippen molar-refractivity contribution in [3.63, 3.8) is 0 Å². The smallest absolute Gasteiger partial charge is 0.331 e. The fourth-order valence-electron chi connectivity index (χ4n) is 4.97. The molecule has 0 spiro atoms. The van der Waals surface area contributed by atoms with Crippen LogP contribution >= 0.6 is 0 Å². The molecule has 2 N–H and O–H groups in total. The first-order valence-corrected chi connectivity index (χ1v) is 14.0. The standard InChI is InChI=1S/C32H41N3O5/c1-5-23(3)35-19-10-9-13-28(35)30(37)33-27(31(38)34(4)20-18-22(2)32(39)40)21-24-14-16-26(17-15-24)29(36)25-11-7-6-8-12-25/h6-8,11-12,14-18,23,27-28H,5,9-10,13,19-21H2,1-4H3,(H,33,37)(H,39,40)/b22-18+. The lowest BCUT2D eigenvalue weighted by Gasteiger charge is -2.39. The normalized spacial score (nSPS) is 17.5. The number of carbonyl (C=O) groups excluding carboxylic acids is 3. The van der Waals surface area contributed by atoms with Crippen LogP contribution in [-0.2, 0) is 20.8 Å². The van der Waals surface area contributed by atoms with Gasteiger partial charge in [-0.25, -0.2) is 4.79 Å². The van der Waals surface area contributed by atoms with E-state index in [-0.39, 0.29) is 48.2 Å². The van der Waals surface area contributed by atoms with Crippen LogP contribution in [0.5, 0.6) is 0 Å². The van der Waals surface area contributed by atoms with Gasteiger partial charge in [-0.3, -0.25) is 19.3 Å². The highest BCUT2D eigenvalue weighted by molar-refractivity contribution is 6.08. The lowest BCUT2D eigenvalue weighted by molar-refractivity contribution is -0.137. The number of carbonyl (C=O) groups is 4. The van der Waals surface area contributed by atoms with Gasteiger partial charge in [-0.1, -0.05) is 74.0 Å². The molecule has 0 radical (unpaired) electrons. The monoisotopic (exact) mass is 547 g/mol. The minimum absolute atomic E-state index is 0.0872. The van der Waals surface area contributed by atoms with Crippen LogP contribution in [0.2, 0.25) is 0 Å². The average Bonchev–Trinajstić information content (AvgIpc) is 2.98. The molecular weight excluding hydrogens is 506 g/mol. The van der Waals surface area contributed by atoms with Gasteiger partial charge in [0.2, 0.25) is 11.8 Å². The predicted molar refractivity (Wildman–Crippen MR) is 155 cm³/mol. The van der Waals surface area contributed by atoms with Gasteiger partial charge in [-0.05, 0) is 45.2 Å². The number of nitrogens with zero attached hydrogens (tertiary/aromatic N) is 2. The third-order valence-electron chi connectivity index (χ3n) is 7.70. The Hall–Kier alpha value is -3.78. The molecule has 0 aliphatic carbocycles. The van der Waals surface area contributed by atoms with Crippen molar-refractivity contribution in [3.05, 3.63) is 82.9 Å². The maximum Gasteiger partial charge on any atom is 0.331 e. The van der Waals surface area contributed by atoms with Crippen molar-refractivity contribution in [2.45, 2.75) is 71.0 Å². The second-order valence-electron chi connectivity index (χ2n) is 10.6. The van der Waals surface area contributed by atoms with E-state index < -0.39 is 12.0 Å². The topological polar surface area (TPSA) is 107 Å². The fraction of sp³-hybridized carbons (Fsp3) is 0.438. The summed E-state index contributed by atoms with van der Waals surface area (Å²) in [5, 5.41) is 12.2. The molecule has 214 valence electrons. The first kappa shape index (κ1) is 30.8. The molecule has 8 heteroatoms. The van der Waals surface area contributed by atoms with Crippen molar-refractivity contribution in [2.75, 3.05) is 20.1 Å². The van der Waals surface area contributed by atoms with Gasteiger partial charge in [0.15, 0.2) is 5.78 Å². The van der Waals surface area contributed by atoms with Crippen molar-refractivity contribution in [1.82, 2.24) is 15.1 Å². The molecule has 1 aliphatic heterocycles. The molecule has 3 unspecified atom stereocenters. The molecular formula is C32H41N3O5. The number of rotatable bonds is 12. The maximum absolute atomic E-state index is 13.6. The van der Waals surface area contributed by atoms with Gasteiger partial charge in [0.05, 0.1) is 6.04 Å². The molecule has 2 aromatic carbocycles. The molecule has 0 bridgehead atoms. The van der Waals surface area contributed by atoms with E-state index in [9.17, 15) is 19.2 Å².